The van der Waals surface area contributed by atoms with Gasteiger partial charge in [0.15, 0.2) is 0 Å². The van der Waals surface area contributed by atoms with E-state index in [9.17, 15) is 4.79 Å². The third kappa shape index (κ3) is 3.36. The van der Waals surface area contributed by atoms with E-state index in [1.54, 1.807) is 30.5 Å². The van der Waals surface area contributed by atoms with E-state index in [1.165, 1.54) is 13.3 Å². The number of nitrogens with one attached hydrogen (secondary N) is 1. The summed E-state index contributed by atoms with van der Waals surface area (Å²) in [7, 11) is 1.50. The number of halogens is 2. The molecule has 0 atom stereocenters. The molecule has 2 rings (SSSR count). The van der Waals surface area contributed by atoms with Gasteiger partial charge in [0.05, 0.1) is 24.6 Å². The molecule has 0 aliphatic carbocycles. The van der Waals surface area contributed by atoms with Gasteiger partial charge in [0.2, 0.25) is 0 Å². The number of hydrogen-bond acceptors (Lipinski definition) is 3. The van der Waals surface area contributed by atoms with Crippen LogP contribution in [0.5, 0.6) is 5.75 Å². The molecule has 0 saturated carbocycles. The van der Waals surface area contributed by atoms with Gasteiger partial charge in [-0.15, -0.1) is 0 Å². The summed E-state index contributed by atoms with van der Waals surface area (Å²) in [6, 6.07) is 6.87. The minimum atomic E-state index is -0.250. The maximum absolute atomic E-state index is 12.2. The van der Waals surface area contributed by atoms with E-state index in [0.29, 0.717) is 22.0 Å². The minimum Gasteiger partial charge on any atom is -0.494 e. The number of ether oxygens (including phenoxy) is 1. The van der Waals surface area contributed by atoms with Crippen molar-refractivity contribution in [3.8, 4) is 5.75 Å². The number of anilines is 1. The van der Waals surface area contributed by atoms with Gasteiger partial charge in [-0.25, -0.2) is 0 Å². The second kappa shape index (κ2) is 6.21. The first-order valence-corrected chi connectivity index (χ1v) is 6.82. The Morgan fingerprint density at radius 3 is 2.89 bits per heavy atom. The Hall–Kier alpha value is -1.34. The highest BCUT2D eigenvalue weighted by Gasteiger charge is 2.13. The molecular formula is C13H10ClIN2O2. The highest BCUT2D eigenvalue weighted by atomic mass is 127. The number of carbonyl (C=O) groups excluding carboxylic acids is 1. The van der Waals surface area contributed by atoms with Crippen LogP contribution in [0.2, 0.25) is 5.02 Å². The highest BCUT2D eigenvalue weighted by Crippen LogP contribution is 2.24. The summed E-state index contributed by atoms with van der Waals surface area (Å²) in [5, 5.41) is 3.44. The van der Waals surface area contributed by atoms with Crippen LogP contribution >= 0.6 is 34.2 Å². The molecule has 0 bridgehead atoms. The fourth-order valence-electron chi connectivity index (χ4n) is 1.51. The average Bonchev–Trinajstić information content (AvgIpc) is 2.41. The van der Waals surface area contributed by atoms with Crippen molar-refractivity contribution in [1.29, 1.82) is 0 Å². The molecule has 2 aromatic rings. The van der Waals surface area contributed by atoms with Crippen LogP contribution in [0, 0.1) is 3.57 Å². The second-order valence-corrected chi connectivity index (χ2v) is 5.25. The first-order valence-electron chi connectivity index (χ1n) is 5.36. The van der Waals surface area contributed by atoms with Gasteiger partial charge in [-0.2, -0.15) is 0 Å². The molecule has 6 heteroatoms. The van der Waals surface area contributed by atoms with Crippen LogP contribution in [0.1, 0.15) is 10.4 Å². The molecule has 1 aromatic heterocycles. The molecular weight excluding hydrogens is 379 g/mol. The first-order chi connectivity index (χ1) is 9.11. The van der Waals surface area contributed by atoms with E-state index in [0.717, 1.165) is 3.57 Å². The maximum Gasteiger partial charge on any atom is 0.259 e. The van der Waals surface area contributed by atoms with Crippen molar-refractivity contribution >= 4 is 45.8 Å². The average molecular weight is 389 g/mol. The van der Waals surface area contributed by atoms with Gasteiger partial charge >= 0.3 is 0 Å². The Labute approximate surface area is 129 Å². The fraction of sp³-hybridized carbons (Fsp3) is 0.0769. The third-order valence-electron chi connectivity index (χ3n) is 2.43. The van der Waals surface area contributed by atoms with E-state index >= 15 is 0 Å². The van der Waals surface area contributed by atoms with E-state index in [-0.39, 0.29) is 5.91 Å². The third-order valence-corrected chi connectivity index (χ3v) is 3.56. The Balaban J connectivity index is 2.26. The zero-order valence-corrected chi connectivity index (χ0v) is 12.9. The molecule has 0 radical (unpaired) electrons. The summed E-state index contributed by atoms with van der Waals surface area (Å²) >= 11 is 7.99. The van der Waals surface area contributed by atoms with E-state index in [2.05, 4.69) is 32.9 Å². The maximum atomic E-state index is 12.2. The van der Waals surface area contributed by atoms with Crippen LogP contribution in [-0.2, 0) is 0 Å². The van der Waals surface area contributed by atoms with Crippen LogP contribution in [0.25, 0.3) is 0 Å². The SMILES string of the molecule is COc1cnccc1C(=O)Nc1ccc(Cl)cc1I. The number of carbonyl (C=O) groups is 1. The Morgan fingerprint density at radius 1 is 1.42 bits per heavy atom. The smallest absolute Gasteiger partial charge is 0.259 e. The topological polar surface area (TPSA) is 51.2 Å². The summed E-state index contributed by atoms with van der Waals surface area (Å²) in [6.45, 7) is 0. The normalized spacial score (nSPS) is 10.1. The van der Waals surface area contributed by atoms with Crippen molar-refractivity contribution in [1.82, 2.24) is 4.98 Å². The van der Waals surface area contributed by atoms with E-state index in [1.807, 2.05) is 0 Å². The lowest BCUT2D eigenvalue weighted by Gasteiger charge is -2.10. The van der Waals surface area contributed by atoms with Crippen LogP contribution in [0.4, 0.5) is 5.69 Å². The second-order valence-electron chi connectivity index (χ2n) is 3.65. The number of hydrogen-bond donors (Lipinski definition) is 1. The number of methoxy groups -OCH3 is 1. The molecule has 1 aromatic carbocycles. The molecule has 0 aliphatic rings. The van der Waals surface area contributed by atoms with Gasteiger partial charge in [0.1, 0.15) is 5.75 Å². The summed E-state index contributed by atoms with van der Waals surface area (Å²) in [5.74, 6) is 0.184. The predicted octanol–water partition coefficient (Wildman–Crippen LogP) is 3.60. The molecule has 19 heavy (non-hydrogen) atoms. The van der Waals surface area contributed by atoms with Crippen molar-refractivity contribution in [2.24, 2.45) is 0 Å². The van der Waals surface area contributed by atoms with Crippen molar-refractivity contribution < 1.29 is 9.53 Å². The van der Waals surface area contributed by atoms with Gasteiger partial charge in [-0.3, -0.25) is 9.78 Å². The predicted molar refractivity (Wildman–Crippen MR) is 82.9 cm³/mol. The standard InChI is InChI=1S/C13H10ClIN2O2/c1-19-12-7-16-5-4-9(12)13(18)17-11-3-2-8(14)6-10(11)15/h2-7H,1H3,(H,17,18). The van der Waals surface area contributed by atoms with Crippen molar-refractivity contribution in [2.75, 3.05) is 12.4 Å². The Kier molecular flexibility index (Phi) is 4.60. The molecule has 1 amide bonds. The van der Waals surface area contributed by atoms with Gasteiger partial charge in [-0.05, 0) is 46.9 Å². The fourth-order valence-corrected chi connectivity index (χ4v) is 2.52. The lowest BCUT2D eigenvalue weighted by atomic mass is 10.2. The molecule has 0 aliphatic heterocycles. The lowest BCUT2D eigenvalue weighted by Crippen LogP contribution is -2.14. The molecule has 0 saturated heterocycles. The summed E-state index contributed by atoms with van der Waals surface area (Å²) in [4.78, 5) is 16.1. The molecule has 1 heterocycles. The zero-order chi connectivity index (χ0) is 13.8. The van der Waals surface area contributed by atoms with Gasteiger partial charge in [0, 0.05) is 14.8 Å². The number of benzene rings is 1. The number of pyridine rings is 1. The van der Waals surface area contributed by atoms with Crippen molar-refractivity contribution in [3.63, 3.8) is 0 Å². The van der Waals surface area contributed by atoms with Crippen LogP contribution < -0.4 is 10.1 Å². The zero-order valence-electron chi connectivity index (χ0n) is 9.98. The van der Waals surface area contributed by atoms with Gasteiger partial charge in [0.25, 0.3) is 5.91 Å². The van der Waals surface area contributed by atoms with Crippen molar-refractivity contribution in [2.45, 2.75) is 0 Å². The van der Waals surface area contributed by atoms with Crippen LogP contribution in [0.3, 0.4) is 0 Å². The number of aromatic nitrogens is 1. The number of amides is 1. The quantitative estimate of drug-likeness (QED) is 0.818. The Bertz CT molecular complexity index is 619. The van der Waals surface area contributed by atoms with E-state index < -0.39 is 0 Å². The number of rotatable bonds is 3. The Morgan fingerprint density at radius 2 is 2.21 bits per heavy atom. The molecule has 98 valence electrons. The summed E-state index contributed by atoms with van der Waals surface area (Å²) in [6.07, 6.45) is 3.05. The summed E-state index contributed by atoms with van der Waals surface area (Å²) in [5.41, 5.74) is 1.14. The van der Waals surface area contributed by atoms with Gasteiger partial charge in [-0.1, -0.05) is 11.6 Å². The molecule has 0 unspecified atom stereocenters. The van der Waals surface area contributed by atoms with Gasteiger partial charge < -0.3 is 10.1 Å². The molecule has 0 fully saturated rings. The summed E-state index contributed by atoms with van der Waals surface area (Å²) < 4.78 is 5.97. The molecule has 4 nitrogen and oxygen atoms in total. The minimum absolute atomic E-state index is 0.250. The molecule has 0 spiro atoms. The van der Waals surface area contributed by atoms with Crippen molar-refractivity contribution in [3.05, 3.63) is 50.8 Å². The first kappa shape index (κ1) is 14.1. The van der Waals surface area contributed by atoms with Crippen LogP contribution in [-0.4, -0.2) is 18.0 Å². The molecule has 1 N–H and O–H groups in total. The highest BCUT2D eigenvalue weighted by molar-refractivity contribution is 14.1. The largest absolute Gasteiger partial charge is 0.494 e. The number of nitrogens with zero attached hydrogens (tertiary/aromatic N) is 1. The van der Waals surface area contributed by atoms with E-state index in [4.69, 9.17) is 16.3 Å². The lowest BCUT2D eigenvalue weighted by molar-refractivity contribution is 0.102. The van der Waals surface area contributed by atoms with Crippen LogP contribution in [0.15, 0.2) is 36.7 Å². The monoisotopic (exact) mass is 388 g/mol.